The van der Waals surface area contributed by atoms with Gasteiger partial charge in [-0.05, 0) is 38.2 Å². The van der Waals surface area contributed by atoms with Gasteiger partial charge in [-0.15, -0.1) is 0 Å². The normalized spacial score (nSPS) is 30.4. The van der Waals surface area contributed by atoms with E-state index in [9.17, 15) is 9.32 Å². The topological polar surface area (TPSA) is 49.8 Å². The molecule has 0 bridgehead atoms. The van der Waals surface area contributed by atoms with E-state index in [0.29, 0.717) is 17.9 Å². The summed E-state index contributed by atoms with van der Waals surface area (Å²) in [5.41, 5.74) is -0.0624. The van der Waals surface area contributed by atoms with Gasteiger partial charge in [0.1, 0.15) is 5.75 Å². The molecule has 1 fully saturated rings. The van der Waals surface area contributed by atoms with Crippen molar-refractivity contribution in [1.82, 2.24) is 4.90 Å². The molecule has 0 aliphatic carbocycles. The molecule has 0 spiro atoms. The molecule has 1 aliphatic heterocycles. The van der Waals surface area contributed by atoms with E-state index in [-0.39, 0.29) is 5.92 Å². The maximum absolute atomic E-state index is 11.9. The lowest BCUT2D eigenvalue weighted by atomic mass is 9.79. The monoisotopic (exact) mass is 297 g/mol. The lowest BCUT2D eigenvalue weighted by molar-refractivity contribution is -0.0304. The SMILES string of the molecule is COc1cccc([C@]2(O)CC[S@](=O)C[C@H]2CN(C)C)c1. The zero-order valence-corrected chi connectivity index (χ0v) is 13.2. The fourth-order valence-electron chi connectivity index (χ4n) is 2.84. The minimum absolute atomic E-state index is 0.0285. The molecule has 0 amide bonds. The molecule has 1 aromatic carbocycles. The van der Waals surface area contributed by atoms with Gasteiger partial charge in [0.2, 0.25) is 0 Å². The molecule has 0 saturated carbocycles. The van der Waals surface area contributed by atoms with Gasteiger partial charge in [-0.3, -0.25) is 4.21 Å². The van der Waals surface area contributed by atoms with Crippen molar-refractivity contribution in [2.45, 2.75) is 12.0 Å². The third kappa shape index (κ3) is 3.22. The van der Waals surface area contributed by atoms with Gasteiger partial charge in [0.15, 0.2) is 0 Å². The maximum atomic E-state index is 11.9. The van der Waals surface area contributed by atoms with E-state index in [1.807, 2.05) is 43.3 Å². The van der Waals surface area contributed by atoms with Gasteiger partial charge in [-0.2, -0.15) is 0 Å². The average Bonchev–Trinajstić information content (AvgIpc) is 2.42. The van der Waals surface area contributed by atoms with Crippen molar-refractivity contribution in [1.29, 1.82) is 0 Å². The van der Waals surface area contributed by atoms with Crippen molar-refractivity contribution < 1.29 is 14.1 Å². The summed E-state index contributed by atoms with van der Waals surface area (Å²) in [6.07, 6.45) is 0.533. The number of nitrogens with zero attached hydrogens (tertiary/aromatic N) is 1. The van der Waals surface area contributed by atoms with E-state index >= 15 is 0 Å². The summed E-state index contributed by atoms with van der Waals surface area (Å²) in [6, 6.07) is 7.58. The zero-order chi connectivity index (χ0) is 14.8. The van der Waals surface area contributed by atoms with Crippen LogP contribution in [-0.4, -0.2) is 53.5 Å². The number of rotatable bonds is 4. The Bertz CT molecular complexity index is 492. The van der Waals surface area contributed by atoms with Crippen LogP contribution in [0.25, 0.3) is 0 Å². The van der Waals surface area contributed by atoms with Gasteiger partial charge in [0.25, 0.3) is 0 Å². The van der Waals surface area contributed by atoms with Gasteiger partial charge < -0.3 is 14.7 Å². The Hall–Kier alpha value is -0.910. The summed E-state index contributed by atoms with van der Waals surface area (Å²) in [7, 11) is 4.74. The maximum Gasteiger partial charge on any atom is 0.119 e. The fourth-order valence-corrected chi connectivity index (χ4v) is 4.37. The van der Waals surface area contributed by atoms with Crippen LogP contribution in [0.2, 0.25) is 0 Å². The Kier molecular flexibility index (Phi) is 4.83. The van der Waals surface area contributed by atoms with Crippen LogP contribution < -0.4 is 4.74 Å². The van der Waals surface area contributed by atoms with Gasteiger partial charge in [-0.25, -0.2) is 0 Å². The molecular weight excluding hydrogens is 274 g/mol. The van der Waals surface area contributed by atoms with E-state index in [0.717, 1.165) is 17.9 Å². The predicted octanol–water partition coefficient (Wildman–Crippen LogP) is 1.21. The first-order valence-electron chi connectivity index (χ1n) is 6.82. The van der Waals surface area contributed by atoms with Crippen LogP contribution in [-0.2, 0) is 16.4 Å². The van der Waals surface area contributed by atoms with Crippen LogP contribution in [0.1, 0.15) is 12.0 Å². The second-order valence-corrected chi connectivity index (χ2v) is 7.30. The second kappa shape index (κ2) is 6.24. The molecular formula is C15H23NO3S. The van der Waals surface area contributed by atoms with Crippen LogP contribution >= 0.6 is 0 Å². The molecule has 3 atom stereocenters. The molecule has 1 N–H and O–H groups in total. The Labute approximate surface area is 123 Å². The highest BCUT2D eigenvalue weighted by atomic mass is 32.2. The van der Waals surface area contributed by atoms with Crippen LogP contribution in [0, 0.1) is 5.92 Å². The Morgan fingerprint density at radius 1 is 1.50 bits per heavy atom. The molecule has 4 nitrogen and oxygen atoms in total. The lowest BCUT2D eigenvalue weighted by Crippen LogP contribution is -2.48. The molecule has 5 heteroatoms. The Morgan fingerprint density at radius 2 is 2.25 bits per heavy atom. The van der Waals surface area contributed by atoms with E-state index < -0.39 is 16.4 Å². The van der Waals surface area contributed by atoms with Crippen molar-refractivity contribution in [3.63, 3.8) is 0 Å². The molecule has 0 unspecified atom stereocenters. The largest absolute Gasteiger partial charge is 0.497 e. The number of hydrogen-bond acceptors (Lipinski definition) is 4. The quantitative estimate of drug-likeness (QED) is 0.908. The smallest absolute Gasteiger partial charge is 0.119 e. The molecule has 1 aromatic rings. The number of hydrogen-bond donors (Lipinski definition) is 1. The first kappa shape index (κ1) is 15.5. The highest BCUT2D eigenvalue weighted by Gasteiger charge is 2.43. The summed E-state index contributed by atoms with van der Waals surface area (Å²) in [6.45, 7) is 0.722. The van der Waals surface area contributed by atoms with Crippen LogP contribution in [0.3, 0.4) is 0 Å². The third-order valence-electron chi connectivity index (χ3n) is 3.93. The molecule has 112 valence electrons. The lowest BCUT2D eigenvalue weighted by Gasteiger charge is -2.41. The van der Waals surface area contributed by atoms with Crippen molar-refractivity contribution in [2.75, 3.05) is 39.3 Å². The van der Waals surface area contributed by atoms with Crippen molar-refractivity contribution in [3.05, 3.63) is 29.8 Å². The van der Waals surface area contributed by atoms with Crippen LogP contribution in [0.15, 0.2) is 24.3 Å². The summed E-state index contributed by atoms with van der Waals surface area (Å²) < 4.78 is 17.1. The van der Waals surface area contributed by atoms with Crippen molar-refractivity contribution in [2.24, 2.45) is 5.92 Å². The van der Waals surface area contributed by atoms with Gasteiger partial charge in [-0.1, -0.05) is 12.1 Å². The van der Waals surface area contributed by atoms with Crippen LogP contribution in [0.5, 0.6) is 5.75 Å². The Balaban J connectivity index is 2.34. The second-order valence-electron chi connectivity index (χ2n) is 5.68. The number of aliphatic hydroxyl groups is 1. The molecule has 0 radical (unpaired) electrons. The highest BCUT2D eigenvalue weighted by molar-refractivity contribution is 7.85. The minimum Gasteiger partial charge on any atom is -0.497 e. The van der Waals surface area contributed by atoms with Gasteiger partial charge in [0, 0.05) is 34.8 Å². The van der Waals surface area contributed by atoms with Gasteiger partial charge in [0.05, 0.1) is 12.7 Å². The van der Waals surface area contributed by atoms with Crippen molar-refractivity contribution >= 4 is 10.8 Å². The number of methoxy groups -OCH3 is 1. The fraction of sp³-hybridized carbons (Fsp3) is 0.600. The number of benzene rings is 1. The highest BCUT2D eigenvalue weighted by Crippen LogP contribution is 2.38. The number of ether oxygens (including phenoxy) is 1. The first-order valence-corrected chi connectivity index (χ1v) is 8.31. The average molecular weight is 297 g/mol. The summed E-state index contributed by atoms with van der Waals surface area (Å²) in [4.78, 5) is 2.04. The minimum atomic E-state index is -0.924. The van der Waals surface area contributed by atoms with Crippen LogP contribution in [0.4, 0.5) is 0 Å². The first-order chi connectivity index (χ1) is 9.45. The van der Waals surface area contributed by atoms with Crippen molar-refractivity contribution in [3.8, 4) is 5.75 Å². The summed E-state index contributed by atoms with van der Waals surface area (Å²) in [5, 5.41) is 11.2. The third-order valence-corrected chi connectivity index (χ3v) is 5.36. The summed E-state index contributed by atoms with van der Waals surface area (Å²) in [5.74, 6) is 1.81. The van der Waals surface area contributed by atoms with E-state index in [1.165, 1.54) is 0 Å². The molecule has 0 aromatic heterocycles. The van der Waals surface area contributed by atoms with Gasteiger partial charge >= 0.3 is 0 Å². The standard InChI is InChI=1S/C15H23NO3S/c1-16(2)10-13-11-20(18)8-7-15(13,17)12-5-4-6-14(9-12)19-3/h4-6,9,13,17H,7-8,10-11H2,1-3H3/t13-,15-,20+/m1/s1. The predicted molar refractivity (Wildman–Crippen MR) is 81.4 cm³/mol. The molecule has 1 heterocycles. The molecule has 2 rings (SSSR count). The van der Waals surface area contributed by atoms with E-state index in [1.54, 1.807) is 7.11 Å². The summed E-state index contributed by atoms with van der Waals surface area (Å²) >= 11 is 0. The molecule has 1 aliphatic rings. The molecule has 1 saturated heterocycles. The Morgan fingerprint density at radius 3 is 2.90 bits per heavy atom. The van der Waals surface area contributed by atoms with E-state index in [2.05, 4.69) is 0 Å². The molecule has 20 heavy (non-hydrogen) atoms. The zero-order valence-electron chi connectivity index (χ0n) is 12.3. The van der Waals surface area contributed by atoms with E-state index in [4.69, 9.17) is 4.74 Å².